The smallest absolute Gasteiger partial charge is 0.464 e. The van der Waals surface area contributed by atoms with Crippen LogP contribution in [0.1, 0.15) is 113 Å². The second-order valence-electron chi connectivity index (χ2n) is 18.9. The van der Waals surface area contributed by atoms with Crippen molar-refractivity contribution in [3.63, 3.8) is 0 Å². The highest BCUT2D eigenvalue weighted by Gasteiger charge is 2.56. The third kappa shape index (κ3) is 10.4. The van der Waals surface area contributed by atoms with Gasteiger partial charge in [-0.2, -0.15) is 0 Å². The van der Waals surface area contributed by atoms with Crippen LogP contribution < -0.4 is 14.9 Å². The molecule has 0 bridgehead atoms. The van der Waals surface area contributed by atoms with E-state index < -0.39 is 55.9 Å². The molecule has 4 heterocycles. The maximum Gasteiger partial charge on any atom is 0.522 e. The van der Waals surface area contributed by atoms with Gasteiger partial charge in [0.15, 0.2) is 0 Å². The Hall–Kier alpha value is -4.09. The predicted molar refractivity (Wildman–Crippen MR) is 236 cm³/mol. The summed E-state index contributed by atoms with van der Waals surface area (Å²) in [4.78, 5) is 62.0. The quantitative estimate of drug-likeness (QED) is 0.0865. The normalized spacial score (nSPS) is 27.1. The van der Waals surface area contributed by atoms with Crippen LogP contribution in [-0.2, 0) is 28.4 Å². The number of benzene rings is 2. The first kappa shape index (κ1) is 47.4. The Bertz CT molecular complexity index is 2290. The van der Waals surface area contributed by atoms with Crippen LogP contribution in [0.3, 0.4) is 0 Å². The number of fused-ring (bicyclic) bond motifs is 2. The topological polar surface area (TPSA) is 147 Å². The lowest BCUT2D eigenvalue weighted by atomic mass is 9.85. The molecule has 1 aromatic heterocycles. The van der Waals surface area contributed by atoms with E-state index in [1.807, 2.05) is 25.8 Å². The van der Waals surface area contributed by atoms with Gasteiger partial charge in [-0.05, 0) is 132 Å². The molecule has 8 rings (SSSR count). The molecule has 3 aromatic rings. The van der Waals surface area contributed by atoms with E-state index in [0.717, 1.165) is 37.0 Å². The van der Waals surface area contributed by atoms with Crippen LogP contribution in [0.15, 0.2) is 54.6 Å². The Labute approximate surface area is 380 Å². The van der Waals surface area contributed by atoms with Crippen molar-refractivity contribution in [3.05, 3.63) is 65.0 Å². The van der Waals surface area contributed by atoms with Crippen molar-refractivity contribution in [3.8, 4) is 5.75 Å². The number of hydrogen-bond acceptors (Lipinski definition) is 10. The van der Waals surface area contributed by atoms with Crippen LogP contribution in [-0.4, -0.2) is 113 Å². The molecule has 19 heteroatoms. The Kier molecular flexibility index (Phi) is 13.8. The van der Waals surface area contributed by atoms with E-state index in [1.165, 1.54) is 31.2 Å². The summed E-state index contributed by atoms with van der Waals surface area (Å²) in [6, 6.07) is 10.7. The summed E-state index contributed by atoms with van der Waals surface area (Å²) < 4.78 is 86.0. The molecular weight excluding hydrogens is 890 g/mol. The summed E-state index contributed by atoms with van der Waals surface area (Å²) in [5, 5.41) is 6.03. The van der Waals surface area contributed by atoms with Gasteiger partial charge in [-0.1, -0.05) is 38.1 Å². The molecule has 3 aliphatic heterocycles. The maximum atomic E-state index is 16.7. The number of amides is 3. The minimum atomic E-state index is -4.71. The van der Waals surface area contributed by atoms with E-state index in [2.05, 4.69) is 20.0 Å². The van der Waals surface area contributed by atoms with Crippen molar-refractivity contribution in [2.45, 2.75) is 152 Å². The van der Waals surface area contributed by atoms with Gasteiger partial charge in [-0.3, -0.25) is 28.5 Å². The van der Waals surface area contributed by atoms with Crippen LogP contribution in [0.25, 0.3) is 10.1 Å². The number of halogens is 4. The molecule has 354 valence electrons. The summed E-state index contributed by atoms with van der Waals surface area (Å²) in [5.74, 6) is -3.72. The van der Waals surface area contributed by atoms with Gasteiger partial charge in [0.1, 0.15) is 23.9 Å². The molecule has 5 aliphatic rings. The van der Waals surface area contributed by atoms with Gasteiger partial charge >= 0.3 is 19.9 Å². The number of carbonyl (C=O) groups excluding carboxylic acids is 4. The second-order valence-corrected chi connectivity index (χ2v) is 22.1. The zero-order chi connectivity index (χ0) is 46.4. The molecule has 0 radical (unpaired) electrons. The van der Waals surface area contributed by atoms with Crippen LogP contribution in [0.2, 0.25) is 0 Å². The molecule has 2 aliphatic carbocycles. The molecule has 3 amide bonds. The monoisotopic (exact) mass is 947 g/mol. The fourth-order valence-electron chi connectivity index (χ4n) is 10.1. The molecule has 3 saturated heterocycles. The lowest BCUT2D eigenvalue weighted by Crippen LogP contribution is -2.60. The minimum Gasteiger partial charge on any atom is -0.464 e. The summed E-state index contributed by atoms with van der Waals surface area (Å²) in [6.45, 7) is 5.92. The van der Waals surface area contributed by atoms with Crippen molar-refractivity contribution >= 4 is 52.6 Å². The molecular formula is C46H58F4N5O8PS. The molecule has 1 unspecified atom stereocenters. The Balaban J connectivity index is 1.01. The van der Waals surface area contributed by atoms with E-state index >= 15 is 4.39 Å². The van der Waals surface area contributed by atoms with Gasteiger partial charge in [0.05, 0.1) is 17.6 Å². The van der Waals surface area contributed by atoms with Gasteiger partial charge in [0, 0.05) is 34.9 Å². The maximum absolute atomic E-state index is 16.7. The first-order valence-electron chi connectivity index (χ1n) is 22.7. The van der Waals surface area contributed by atoms with E-state index in [-0.39, 0.29) is 83.5 Å². The first-order valence-corrected chi connectivity index (χ1v) is 25.2. The number of carbonyl (C=O) groups is 4. The zero-order valence-corrected chi connectivity index (χ0v) is 38.8. The lowest BCUT2D eigenvalue weighted by Gasteiger charge is -2.47. The van der Waals surface area contributed by atoms with Gasteiger partial charge in [0.25, 0.3) is 5.91 Å². The van der Waals surface area contributed by atoms with Crippen molar-refractivity contribution in [1.29, 1.82) is 0 Å². The van der Waals surface area contributed by atoms with E-state index in [0.29, 0.717) is 42.3 Å². The number of rotatable bonds is 15. The summed E-state index contributed by atoms with van der Waals surface area (Å²) in [6.07, 6.45) is 0.895. The summed E-state index contributed by atoms with van der Waals surface area (Å²) in [5.41, 5.74) is -0.145. The molecule has 2 saturated carbocycles. The van der Waals surface area contributed by atoms with Gasteiger partial charge in [-0.25, -0.2) is 9.48 Å². The van der Waals surface area contributed by atoms with Gasteiger partial charge < -0.3 is 29.3 Å². The molecule has 7 atom stereocenters. The number of nitrogens with zero attached hydrogens (tertiary/aromatic N) is 3. The summed E-state index contributed by atoms with van der Waals surface area (Å²) in [7, 11) is -2.63. The van der Waals surface area contributed by atoms with Crippen LogP contribution >= 0.6 is 18.9 Å². The molecule has 65 heavy (non-hydrogen) atoms. The van der Waals surface area contributed by atoms with Crippen molar-refractivity contribution < 1.29 is 55.3 Å². The number of para-hydroxylation sites is 1. The number of esters is 1. The number of thiophene rings is 1. The average molecular weight is 948 g/mol. The van der Waals surface area contributed by atoms with Crippen LogP contribution in [0.5, 0.6) is 5.75 Å². The number of likely N-dealkylation sites (tertiary alicyclic amines) is 1. The molecule has 2 aromatic carbocycles. The third-order valence-corrected chi connectivity index (χ3v) is 17.0. The highest BCUT2D eigenvalue weighted by molar-refractivity contribution is 7.57. The average Bonchev–Trinajstić information content (AvgIpc) is 3.52. The molecule has 13 nitrogen and oxygen atoms in total. The van der Waals surface area contributed by atoms with E-state index in [1.54, 1.807) is 35.2 Å². The number of nitrogens with one attached hydrogen (secondary N) is 2. The fourth-order valence-corrected chi connectivity index (χ4v) is 12.9. The second kappa shape index (κ2) is 18.9. The van der Waals surface area contributed by atoms with Crippen LogP contribution in [0, 0.1) is 5.92 Å². The highest BCUT2D eigenvalue weighted by Crippen LogP contribution is 2.58. The van der Waals surface area contributed by atoms with Crippen LogP contribution in [0.4, 0.5) is 17.6 Å². The number of hydrogen-bond donors (Lipinski definition) is 2. The van der Waals surface area contributed by atoms with Gasteiger partial charge in [0.2, 0.25) is 17.7 Å². The van der Waals surface area contributed by atoms with Crippen molar-refractivity contribution in [2.24, 2.45) is 5.92 Å². The number of ether oxygens (including phenoxy) is 2. The highest BCUT2D eigenvalue weighted by atomic mass is 32.1. The largest absolute Gasteiger partial charge is 0.522 e. The van der Waals surface area contributed by atoms with E-state index in [4.69, 9.17) is 9.26 Å². The number of alkyl halides is 4. The predicted octanol–water partition coefficient (Wildman–Crippen LogP) is 8.48. The molecule has 5 fully saturated rings. The Morgan fingerprint density at radius 1 is 0.969 bits per heavy atom. The zero-order valence-electron chi connectivity index (χ0n) is 37.1. The Morgan fingerprint density at radius 3 is 2.40 bits per heavy atom. The third-order valence-electron chi connectivity index (χ3n) is 13.8. The SMILES string of the molecule is CC(C)COC(=O)[C@H](C)NP(=O)(Oc1ccccc1)[C@@H](F)c1ccc2sc(C(=O)N[C@H]3CC[C@H](N(C)C4CC(OC(F)(F)F)C4)C[C@H]4CC[C@@H](C(=O)N5CCCC56CC6)N4C3=O)cc2c1. The van der Waals surface area contributed by atoms with Gasteiger partial charge in [-0.15, -0.1) is 24.5 Å². The first-order chi connectivity index (χ1) is 30.8. The molecule has 2 N–H and O–H groups in total. The fraction of sp³-hybridized carbons (Fsp3) is 0.609. The van der Waals surface area contributed by atoms with Crippen molar-refractivity contribution in [1.82, 2.24) is 25.1 Å². The lowest BCUT2D eigenvalue weighted by molar-refractivity contribution is -0.354. The minimum absolute atomic E-state index is 0.0216. The van der Waals surface area contributed by atoms with Crippen molar-refractivity contribution in [2.75, 3.05) is 20.2 Å². The van der Waals surface area contributed by atoms with E-state index in [9.17, 15) is 36.9 Å². The Morgan fingerprint density at radius 2 is 1.71 bits per heavy atom. The molecule has 1 spiro atoms. The standard InChI is InChI=1S/C46H58F4N5O8PS/c1-27(2)26-61-44(59)28(3)52-64(60,63-34-9-6-5-7-10-34)40(47)29-11-16-38-30(21-29)22-39(65-38)41(56)51-36-14-12-31(53(4)33-24-35(25-33)62-46(48,49)50)23-32-13-15-37(55(32)42(36)57)43(58)54-20-8-17-45(54)18-19-45/h5-7,9-11,16,21-22,27-28,31-33,35-37,40H,8,12-15,17-20,23-26H2,1-4H3,(H,51,56)(H,52,60)/t28-,31-,32+,33?,35?,36-,37-,40+,64?/m0/s1. The summed E-state index contributed by atoms with van der Waals surface area (Å²) >= 11 is 1.13.